The Labute approximate surface area is 225 Å². The van der Waals surface area contributed by atoms with Crippen molar-refractivity contribution >= 4 is 51.2 Å². The van der Waals surface area contributed by atoms with Gasteiger partial charge < -0.3 is 10.4 Å². The van der Waals surface area contributed by atoms with Crippen LogP contribution in [0.15, 0.2) is 84.0 Å². The van der Waals surface area contributed by atoms with Gasteiger partial charge in [0.1, 0.15) is 11.5 Å². The van der Waals surface area contributed by atoms with Crippen LogP contribution in [0.1, 0.15) is 26.5 Å². The number of carbonyl (C=O) groups excluding carboxylic acids is 1. The van der Waals surface area contributed by atoms with Crippen LogP contribution in [0.5, 0.6) is 5.75 Å². The number of para-hydroxylation sites is 1. The molecule has 4 aromatic rings. The molecule has 0 spiro atoms. The van der Waals surface area contributed by atoms with Crippen LogP contribution in [-0.4, -0.2) is 31.6 Å². The minimum absolute atomic E-state index is 0.0393. The average Bonchev–Trinajstić information content (AvgIpc) is 3.28. The normalized spacial score (nSPS) is 11.4. The first kappa shape index (κ1) is 26.6. The van der Waals surface area contributed by atoms with Crippen LogP contribution < -0.4 is 10.7 Å². The van der Waals surface area contributed by atoms with E-state index in [0.29, 0.717) is 32.7 Å². The van der Waals surface area contributed by atoms with Crippen LogP contribution in [0.25, 0.3) is 6.08 Å². The average molecular weight is 545 g/mol. The highest BCUT2D eigenvalue weighted by atomic mass is 32.1. The van der Waals surface area contributed by atoms with E-state index in [1.54, 1.807) is 55.5 Å². The van der Waals surface area contributed by atoms with E-state index in [9.17, 15) is 30.1 Å². The molecule has 1 aromatic heterocycles. The molecule has 0 fully saturated rings. The molecule has 0 atom stereocenters. The molecule has 0 bridgehead atoms. The second kappa shape index (κ2) is 11.7. The lowest BCUT2D eigenvalue weighted by Crippen LogP contribution is -2.19. The van der Waals surface area contributed by atoms with E-state index < -0.39 is 15.8 Å². The monoisotopic (exact) mass is 544 g/mol. The number of nitrogens with zero attached hydrogens (tertiary/aromatic N) is 4. The molecule has 3 N–H and O–H groups in total. The van der Waals surface area contributed by atoms with Gasteiger partial charge in [0.25, 0.3) is 17.3 Å². The second-order valence-electron chi connectivity index (χ2n) is 8.00. The summed E-state index contributed by atoms with van der Waals surface area (Å²) >= 11 is 1.24. The van der Waals surface area contributed by atoms with Gasteiger partial charge in [-0.25, -0.2) is 10.4 Å². The minimum atomic E-state index is -0.624. The zero-order chi connectivity index (χ0) is 27.9. The number of nitro benzene ring substituents is 2. The largest absolute Gasteiger partial charge is 0.507 e. The smallest absolute Gasteiger partial charge is 0.275 e. The molecular weight excluding hydrogens is 524 g/mol. The van der Waals surface area contributed by atoms with Gasteiger partial charge in [-0.05, 0) is 55.0 Å². The van der Waals surface area contributed by atoms with E-state index in [0.717, 1.165) is 0 Å². The summed E-state index contributed by atoms with van der Waals surface area (Å²) in [7, 11) is 0. The Kier molecular flexibility index (Phi) is 8.02. The van der Waals surface area contributed by atoms with Crippen molar-refractivity contribution in [3.05, 3.63) is 121 Å². The van der Waals surface area contributed by atoms with Crippen LogP contribution in [0.3, 0.4) is 0 Å². The molecule has 0 aliphatic rings. The first-order chi connectivity index (χ1) is 18.7. The number of thiazole rings is 1. The number of hydrogen-bond donors (Lipinski definition) is 3. The Bertz CT molecular complexity index is 1600. The molecule has 0 saturated heterocycles. The summed E-state index contributed by atoms with van der Waals surface area (Å²) in [6.45, 7) is 1.76. The van der Waals surface area contributed by atoms with Crippen molar-refractivity contribution in [2.24, 2.45) is 5.10 Å². The number of phenols is 1. The molecule has 1 heterocycles. The molecule has 4 rings (SSSR count). The summed E-state index contributed by atoms with van der Waals surface area (Å²) in [4.78, 5) is 38.6. The first-order valence-electron chi connectivity index (χ1n) is 11.3. The van der Waals surface area contributed by atoms with Gasteiger partial charge in [-0.3, -0.25) is 25.0 Å². The Morgan fingerprint density at radius 2 is 1.59 bits per heavy atom. The summed E-state index contributed by atoms with van der Waals surface area (Å²) in [5, 5.41) is 39.7. The second-order valence-corrected chi connectivity index (χ2v) is 9.00. The fourth-order valence-electron chi connectivity index (χ4n) is 3.36. The third-order valence-corrected chi connectivity index (χ3v) is 6.42. The topological polar surface area (TPSA) is 173 Å². The molecule has 3 aromatic carbocycles. The number of nitrogens with one attached hydrogen (secondary N) is 2. The molecule has 13 heteroatoms. The molecule has 0 radical (unpaired) electrons. The van der Waals surface area contributed by atoms with Crippen molar-refractivity contribution in [2.75, 3.05) is 5.32 Å². The highest BCUT2D eigenvalue weighted by Crippen LogP contribution is 2.28. The SMILES string of the molecule is Cc1nc(Nc2ccc([N+](=O)[O-])cc2)sc1C(C=Cc1ccc([N+](=O)[O-])cc1)=NNC(=O)c1ccccc1O. The number of non-ortho nitro benzene ring substituents is 2. The number of amides is 1. The van der Waals surface area contributed by atoms with Crippen LogP contribution in [0.4, 0.5) is 22.2 Å². The van der Waals surface area contributed by atoms with Crippen LogP contribution in [-0.2, 0) is 0 Å². The van der Waals surface area contributed by atoms with Gasteiger partial charge in [-0.2, -0.15) is 5.10 Å². The molecule has 12 nitrogen and oxygen atoms in total. The lowest BCUT2D eigenvalue weighted by molar-refractivity contribution is -0.385. The molecule has 0 aliphatic carbocycles. The van der Waals surface area contributed by atoms with Crippen LogP contribution >= 0.6 is 11.3 Å². The van der Waals surface area contributed by atoms with Crippen molar-refractivity contribution < 1.29 is 19.7 Å². The number of nitro groups is 2. The van der Waals surface area contributed by atoms with Crippen molar-refractivity contribution in [1.29, 1.82) is 0 Å². The molecular formula is C26H20N6O6S. The summed E-state index contributed by atoms with van der Waals surface area (Å²) in [5.74, 6) is -0.822. The van der Waals surface area contributed by atoms with Crippen molar-refractivity contribution in [3.63, 3.8) is 0 Å². The van der Waals surface area contributed by atoms with Crippen LogP contribution in [0, 0.1) is 27.2 Å². The highest BCUT2D eigenvalue weighted by molar-refractivity contribution is 7.17. The van der Waals surface area contributed by atoms with E-state index >= 15 is 0 Å². The Morgan fingerprint density at radius 3 is 2.21 bits per heavy atom. The number of carbonyl (C=O) groups is 1. The number of rotatable bonds is 9. The lowest BCUT2D eigenvalue weighted by Gasteiger charge is -2.05. The van der Waals surface area contributed by atoms with E-state index in [1.165, 1.54) is 47.7 Å². The van der Waals surface area contributed by atoms with Gasteiger partial charge in [-0.15, -0.1) is 0 Å². The predicted molar refractivity (Wildman–Crippen MR) is 147 cm³/mol. The number of hydrogen-bond acceptors (Lipinski definition) is 10. The Morgan fingerprint density at radius 1 is 0.974 bits per heavy atom. The maximum atomic E-state index is 12.6. The Hall–Kier alpha value is -5.43. The molecule has 0 aliphatic heterocycles. The number of anilines is 2. The molecule has 39 heavy (non-hydrogen) atoms. The van der Waals surface area contributed by atoms with Gasteiger partial charge in [-0.1, -0.05) is 29.5 Å². The fraction of sp³-hybridized carbons (Fsp3) is 0.0385. The van der Waals surface area contributed by atoms with E-state index in [1.807, 2.05) is 0 Å². The van der Waals surface area contributed by atoms with E-state index in [2.05, 4.69) is 20.8 Å². The van der Waals surface area contributed by atoms with Gasteiger partial charge in [0.05, 0.1) is 26.0 Å². The number of aromatic hydroxyl groups is 1. The van der Waals surface area contributed by atoms with Gasteiger partial charge in [0.15, 0.2) is 5.13 Å². The predicted octanol–water partition coefficient (Wildman–Crippen LogP) is 5.56. The number of allylic oxidation sites excluding steroid dienone is 1. The van der Waals surface area contributed by atoms with E-state index in [4.69, 9.17) is 0 Å². The summed E-state index contributed by atoms with van der Waals surface area (Å²) in [6.07, 6.45) is 3.31. The van der Waals surface area contributed by atoms with E-state index in [-0.39, 0.29) is 22.7 Å². The number of phenolic OH excluding ortho intramolecular Hbond substituents is 1. The van der Waals surface area contributed by atoms with Crippen molar-refractivity contribution in [2.45, 2.75) is 6.92 Å². The lowest BCUT2D eigenvalue weighted by atomic mass is 10.1. The highest BCUT2D eigenvalue weighted by Gasteiger charge is 2.15. The maximum absolute atomic E-state index is 12.6. The quantitative estimate of drug-likeness (QED) is 0.139. The standard InChI is InChI=1S/C26H20N6O6S/c1-16-24(39-26(27-16)28-18-9-13-20(14-10-18)32(37)38)22(15-8-17-6-11-19(12-7-17)31(35)36)29-30-25(34)21-4-2-3-5-23(21)33/h2-15,33H,1H3,(H,27,28)(H,30,34). The Balaban J connectivity index is 1.63. The first-order valence-corrected chi connectivity index (χ1v) is 12.1. The van der Waals surface area contributed by atoms with Gasteiger partial charge >= 0.3 is 0 Å². The summed E-state index contributed by atoms with van der Waals surface area (Å²) in [5.41, 5.74) is 4.58. The summed E-state index contributed by atoms with van der Waals surface area (Å²) in [6, 6.07) is 17.8. The number of aryl methyl sites for hydroxylation is 1. The number of hydrazone groups is 1. The molecule has 1 amide bonds. The fourth-order valence-corrected chi connectivity index (χ4v) is 4.32. The van der Waals surface area contributed by atoms with Gasteiger partial charge in [0, 0.05) is 30.0 Å². The van der Waals surface area contributed by atoms with Crippen LogP contribution in [0.2, 0.25) is 0 Å². The number of aromatic nitrogens is 1. The van der Waals surface area contributed by atoms with Gasteiger partial charge in [0.2, 0.25) is 0 Å². The minimum Gasteiger partial charge on any atom is -0.507 e. The molecule has 0 unspecified atom stereocenters. The van der Waals surface area contributed by atoms with Crippen molar-refractivity contribution in [1.82, 2.24) is 10.4 Å². The zero-order valence-corrected chi connectivity index (χ0v) is 21.1. The third kappa shape index (κ3) is 6.67. The third-order valence-electron chi connectivity index (χ3n) is 5.32. The zero-order valence-electron chi connectivity index (χ0n) is 20.3. The molecule has 196 valence electrons. The number of benzene rings is 3. The molecule has 0 saturated carbocycles. The summed E-state index contributed by atoms with van der Waals surface area (Å²) < 4.78 is 0. The van der Waals surface area contributed by atoms with Crippen molar-refractivity contribution in [3.8, 4) is 5.75 Å². The maximum Gasteiger partial charge on any atom is 0.275 e.